The third kappa shape index (κ3) is 0.699. The van der Waals surface area contributed by atoms with Crippen molar-refractivity contribution in [3.8, 4) is 0 Å². The van der Waals surface area contributed by atoms with E-state index in [1.54, 1.807) is 0 Å². The highest BCUT2D eigenvalue weighted by Crippen LogP contribution is 1.90. The fourth-order valence-electron chi connectivity index (χ4n) is 0.458. The van der Waals surface area contributed by atoms with Crippen molar-refractivity contribution < 1.29 is 4.92 Å². The SMILES string of the molecule is O=[N+]([O-])C1=CNCN1. The lowest BCUT2D eigenvalue weighted by Crippen LogP contribution is -2.17. The molecule has 5 heteroatoms. The highest BCUT2D eigenvalue weighted by atomic mass is 16.6. The number of nitrogens with one attached hydrogen (secondary N) is 2. The molecule has 2 N–H and O–H groups in total. The molecule has 1 aliphatic rings. The van der Waals surface area contributed by atoms with E-state index in [4.69, 9.17) is 0 Å². The van der Waals surface area contributed by atoms with Crippen molar-refractivity contribution in [2.24, 2.45) is 0 Å². The van der Waals surface area contributed by atoms with Gasteiger partial charge in [0.15, 0.2) is 6.67 Å². The second-order valence-electron chi connectivity index (χ2n) is 1.34. The molecule has 1 rings (SSSR count). The molecule has 8 heavy (non-hydrogen) atoms. The largest absolute Gasteiger partial charge is 0.358 e. The second kappa shape index (κ2) is 1.69. The van der Waals surface area contributed by atoms with E-state index in [0.717, 1.165) is 0 Å². The van der Waals surface area contributed by atoms with Gasteiger partial charge in [0.1, 0.15) is 0 Å². The standard InChI is InChI=1S/C3H5N3O2/c7-6(8)3-1-4-2-5-3/h1,4-5H,2H2. The normalized spacial score (nSPS) is 16.2. The lowest BCUT2D eigenvalue weighted by atomic mass is 10.8. The molecule has 0 fully saturated rings. The fraction of sp³-hybridized carbons (Fsp3) is 0.333. The van der Waals surface area contributed by atoms with Gasteiger partial charge in [-0.05, 0) is 4.92 Å². The predicted molar refractivity (Wildman–Crippen MR) is 26.2 cm³/mol. The molecular formula is C3H5N3O2. The van der Waals surface area contributed by atoms with E-state index in [-0.39, 0.29) is 5.82 Å². The molecule has 0 aromatic carbocycles. The molecule has 0 amide bonds. The number of nitro groups is 1. The molecule has 0 spiro atoms. The van der Waals surface area contributed by atoms with Gasteiger partial charge in [0.2, 0.25) is 0 Å². The zero-order chi connectivity index (χ0) is 5.98. The summed E-state index contributed by atoms with van der Waals surface area (Å²) in [5, 5.41) is 15.0. The lowest BCUT2D eigenvalue weighted by molar-refractivity contribution is -0.430. The molecule has 1 aliphatic heterocycles. The summed E-state index contributed by atoms with van der Waals surface area (Å²) < 4.78 is 0. The van der Waals surface area contributed by atoms with Gasteiger partial charge < -0.3 is 15.4 Å². The average Bonchev–Trinajstić information content (AvgIpc) is 2.12. The Labute approximate surface area is 45.5 Å². The van der Waals surface area contributed by atoms with Gasteiger partial charge in [-0.3, -0.25) is 5.32 Å². The summed E-state index contributed by atoms with van der Waals surface area (Å²) in [7, 11) is 0. The van der Waals surface area contributed by atoms with Crippen LogP contribution in [0.3, 0.4) is 0 Å². The molecule has 0 radical (unpaired) electrons. The van der Waals surface area contributed by atoms with Crippen LogP contribution in [-0.4, -0.2) is 11.6 Å². The summed E-state index contributed by atoms with van der Waals surface area (Å²) in [4.78, 5) is 9.36. The molecule has 0 bridgehead atoms. The zero-order valence-corrected chi connectivity index (χ0v) is 4.05. The van der Waals surface area contributed by atoms with Crippen LogP contribution in [0.1, 0.15) is 0 Å². The summed E-state index contributed by atoms with van der Waals surface area (Å²) >= 11 is 0. The Morgan fingerprint density at radius 3 is 2.88 bits per heavy atom. The van der Waals surface area contributed by atoms with Crippen LogP contribution in [0.2, 0.25) is 0 Å². The first kappa shape index (κ1) is 4.89. The highest BCUT2D eigenvalue weighted by Gasteiger charge is 2.10. The molecule has 0 saturated carbocycles. The molecule has 0 aromatic rings. The average molecular weight is 115 g/mol. The maximum absolute atomic E-state index is 9.84. The third-order valence-corrected chi connectivity index (χ3v) is 0.807. The molecular weight excluding hydrogens is 110 g/mol. The smallest absolute Gasteiger partial charge is 0.333 e. The summed E-state index contributed by atoms with van der Waals surface area (Å²) in [5.74, 6) is 0.0324. The van der Waals surface area contributed by atoms with Crippen LogP contribution in [0.5, 0.6) is 0 Å². The Bertz CT molecular complexity index is 141. The van der Waals surface area contributed by atoms with Crippen LogP contribution in [0.25, 0.3) is 0 Å². The highest BCUT2D eigenvalue weighted by molar-refractivity contribution is 4.92. The second-order valence-corrected chi connectivity index (χ2v) is 1.34. The van der Waals surface area contributed by atoms with Crippen LogP contribution in [0.4, 0.5) is 0 Å². The molecule has 0 atom stereocenters. The van der Waals surface area contributed by atoms with E-state index in [0.29, 0.717) is 6.67 Å². The molecule has 44 valence electrons. The van der Waals surface area contributed by atoms with Gasteiger partial charge in [0, 0.05) is 0 Å². The molecule has 1 heterocycles. The first-order valence-corrected chi connectivity index (χ1v) is 2.12. The Morgan fingerprint density at radius 2 is 2.62 bits per heavy atom. The van der Waals surface area contributed by atoms with Gasteiger partial charge in [-0.2, -0.15) is 0 Å². The van der Waals surface area contributed by atoms with Gasteiger partial charge in [0.05, 0.1) is 6.20 Å². The van der Waals surface area contributed by atoms with E-state index in [2.05, 4.69) is 10.6 Å². The van der Waals surface area contributed by atoms with Crippen molar-refractivity contribution in [2.75, 3.05) is 6.67 Å². The van der Waals surface area contributed by atoms with Crippen molar-refractivity contribution >= 4 is 0 Å². The van der Waals surface area contributed by atoms with E-state index >= 15 is 0 Å². The Kier molecular flexibility index (Phi) is 1.03. The number of hydrogen-bond donors (Lipinski definition) is 2. The Hall–Kier alpha value is -1.26. The van der Waals surface area contributed by atoms with Crippen LogP contribution >= 0.6 is 0 Å². The summed E-state index contributed by atoms with van der Waals surface area (Å²) in [6.45, 7) is 0.455. The minimum atomic E-state index is -0.472. The van der Waals surface area contributed by atoms with Gasteiger partial charge >= 0.3 is 5.82 Å². The van der Waals surface area contributed by atoms with E-state index in [1.807, 2.05) is 0 Å². The van der Waals surface area contributed by atoms with Crippen LogP contribution in [0.15, 0.2) is 12.0 Å². The quantitative estimate of drug-likeness (QED) is 0.347. The van der Waals surface area contributed by atoms with E-state index < -0.39 is 4.92 Å². The molecule has 0 unspecified atom stereocenters. The minimum absolute atomic E-state index is 0.0324. The van der Waals surface area contributed by atoms with Crippen molar-refractivity contribution in [1.82, 2.24) is 10.6 Å². The summed E-state index contributed by atoms with van der Waals surface area (Å²) in [6.07, 6.45) is 1.33. The first-order valence-electron chi connectivity index (χ1n) is 2.12. The van der Waals surface area contributed by atoms with E-state index in [1.165, 1.54) is 6.20 Å². The number of hydrogen-bond acceptors (Lipinski definition) is 4. The Balaban J connectivity index is 2.57. The zero-order valence-electron chi connectivity index (χ0n) is 4.05. The van der Waals surface area contributed by atoms with Crippen LogP contribution in [-0.2, 0) is 0 Å². The Morgan fingerprint density at radius 1 is 1.88 bits per heavy atom. The van der Waals surface area contributed by atoms with Crippen LogP contribution in [0, 0.1) is 10.1 Å². The molecule has 0 saturated heterocycles. The van der Waals surface area contributed by atoms with Crippen LogP contribution < -0.4 is 10.6 Å². The van der Waals surface area contributed by atoms with Crippen molar-refractivity contribution in [3.05, 3.63) is 22.1 Å². The fourth-order valence-corrected chi connectivity index (χ4v) is 0.458. The molecule has 0 aromatic heterocycles. The third-order valence-electron chi connectivity index (χ3n) is 0.807. The number of rotatable bonds is 1. The maximum Gasteiger partial charge on any atom is 0.333 e. The molecule has 0 aliphatic carbocycles. The molecule has 5 nitrogen and oxygen atoms in total. The minimum Gasteiger partial charge on any atom is -0.358 e. The van der Waals surface area contributed by atoms with Gasteiger partial charge in [-0.25, -0.2) is 0 Å². The maximum atomic E-state index is 9.84. The number of nitrogens with zero attached hydrogens (tertiary/aromatic N) is 1. The van der Waals surface area contributed by atoms with Crippen molar-refractivity contribution in [3.63, 3.8) is 0 Å². The first-order chi connectivity index (χ1) is 3.80. The summed E-state index contributed by atoms with van der Waals surface area (Å²) in [6, 6.07) is 0. The van der Waals surface area contributed by atoms with Crippen molar-refractivity contribution in [1.29, 1.82) is 0 Å². The predicted octanol–water partition coefficient (Wildman–Crippen LogP) is -0.788. The van der Waals surface area contributed by atoms with Crippen molar-refractivity contribution in [2.45, 2.75) is 0 Å². The monoisotopic (exact) mass is 115 g/mol. The lowest BCUT2D eigenvalue weighted by Gasteiger charge is -1.90. The van der Waals surface area contributed by atoms with E-state index in [9.17, 15) is 10.1 Å². The van der Waals surface area contributed by atoms with Gasteiger partial charge in [-0.1, -0.05) is 0 Å². The van der Waals surface area contributed by atoms with Gasteiger partial charge in [0.25, 0.3) is 0 Å². The topological polar surface area (TPSA) is 67.2 Å². The summed E-state index contributed by atoms with van der Waals surface area (Å²) in [5.41, 5.74) is 0. The van der Waals surface area contributed by atoms with Gasteiger partial charge in [-0.15, -0.1) is 0 Å².